The first kappa shape index (κ1) is 11.4. The van der Waals surface area contributed by atoms with Crippen molar-refractivity contribution in [3.63, 3.8) is 0 Å². The number of hydrogen-bond donors (Lipinski definition) is 1. The molecule has 0 radical (unpaired) electrons. The molecule has 2 aliphatic heterocycles. The van der Waals surface area contributed by atoms with E-state index in [1.54, 1.807) is 0 Å². The van der Waals surface area contributed by atoms with Crippen LogP contribution in [0.25, 0.3) is 0 Å². The van der Waals surface area contributed by atoms with Crippen LogP contribution in [-0.2, 0) is 9.47 Å². The van der Waals surface area contributed by atoms with E-state index < -0.39 is 0 Å². The normalized spacial score (nSPS) is 34.2. The van der Waals surface area contributed by atoms with E-state index >= 15 is 0 Å². The zero-order valence-corrected chi connectivity index (χ0v) is 9.71. The van der Waals surface area contributed by atoms with Crippen molar-refractivity contribution in [2.45, 2.75) is 32.3 Å². The van der Waals surface area contributed by atoms with Gasteiger partial charge >= 0.3 is 0 Å². The molecular weight excluding hydrogens is 190 g/mol. The maximum atomic E-state index is 6.02. The Morgan fingerprint density at radius 3 is 2.80 bits per heavy atom. The van der Waals surface area contributed by atoms with Crippen LogP contribution in [0.4, 0.5) is 0 Å². The third-order valence-electron chi connectivity index (χ3n) is 3.64. The summed E-state index contributed by atoms with van der Waals surface area (Å²) in [4.78, 5) is 0. The van der Waals surface area contributed by atoms with Crippen LogP contribution in [0.1, 0.15) is 26.2 Å². The Morgan fingerprint density at radius 1 is 1.27 bits per heavy atom. The van der Waals surface area contributed by atoms with Gasteiger partial charge in [0.1, 0.15) is 0 Å². The average Bonchev–Trinajstić information content (AvgIpc) is 2.29. The van der Waals surface area contributed by atoms with Crippen molar-refractivity contribution in [2.75, 3.05) is 32.9 Å². The number of hydrogen-bond acceptors (Lipinski definition) is 3. The van der Waals surface area contributed by atoms with Crippen molar-refractivity contribution in [3.8, 4) is 0 Å². The van der Waals surface area contributed by atoms with Crippen LogP contribution in [0.2, 0.25) is 0 Å². The number of nitrogens with one attached hydrogen (secondary N) is 1. The van der Waals surface area contributed by atoms with E-state index in [1.807, 2.05) is 0 Å². The van der Waals surface area contributed by atoms with Gasteiger partial charge in [0.15, 0.2) is 0 Å². The smallest absolute Gasteiger partial charge is 0.0725 e. The molecule has 2 saturated heterocycles. The maximum absolute atomic E-state index is 6.02. The molecule has 0 aromatic heterocycles. The van der Waals surface area contributed by atoms with E-state index in [-0.39, 0.29) is 0 Å². The molecule has 3 nitrogen and oxygen atoms in total. The lowest BCUT2D eigenvalue weighted by atomic mass is 9.96. The summed E-state index contributed by atoms with van der Waals surface area (Å²) in [5.74, 6) is 1.44. The van der Waals surface area contributed by atoms with E-state index in [2.05, 4.69) is 12.2 Å². The Balaban J connectivity index is 1.67. The second-order valence-corrected chi connectivity index (χ2v) is 4.90. The first-order chi connectivity index (χ1) is 7.36. The van der Waals surface area contributed by atoms with Gasteiger partial charge in [0.05, 0.1) is 12.7 Å². The van der Waals surface area contributed by atoms with Gasteiger partial charge in [-0.2, -0.15) is 0 Å². The van der Waals surface area contributed by atoms with Gasteiger partial charge in [-0.15, -0.1) is 0 Å². The van der Waals surface area contributed by atoms with Crippen LogP contribution in [0.15, 0.2) is 0 Å². The monoisotopic (exact) mass is 213 g/mol. The van der Waals surface area contributed by atoms with E-state index in [1.165, 1.54) is 19.3 Å². The van der Waals surface area contributed by atoms with E-state index in [0.29, 0.717) is 12.0 Å². The van der Waals surface area contributed by atoms with Crippen LogP contribution < -0.4 is 5.32 Å². The average molecular weight is 213 g/mol. The van der Waals surface area contributed by atoms with Gasteiger partial charge in [-0.05, 0) is 37.6 Å². The van der Waals surface area contributed by atoms with Gasteiger partial charge in [0, 0.05) is 19.8 Å². The molecule has 2 atom stereocenters. The molecule has 0 aromatic rings. The third kappa shape index (κ3) is 3.44. The molecule has 3 heteroatoms. The molecule has 15 heavy (non-hydrogen) atoms. The Bertz CT molecular complexity index is 180. The molecule has 88 valence electrons. The zero-order chi connectivity index (χ0) is 10.5. The summed E-state index contributed by atoms with van der Waals surface area (Å²) < 4.78 is 11.4. The molecule has 0 amide bonds. The SMILES string of the molecule is CC1CCNCC1OCC1CCOCC1. The lowest BCUT2D eigenvalue weighted by Gasteiger charge is -2.31. The predicted molar refractivity (Wildman–Crippen MR) is 59.9 cm³/mol. The minimum Gasteiger partial charge on any atom is -0.381 e. The lowest BCUT2D eigenvalue weighted by Crippen LogP contribution is -2.42. The van der Waals surface area contributed by atoms with Crippen molar-refractivity contribution in [3.05, 3.63) is 0 Å². The molecule has 2 rings (SSSR count). The van der Waals surface area contributed by atoms with Crippen molar-refractivity contribution >= 4 is 0 Å². The molecule has 2 heterocycles. The largest absolute Gasteiger partial charge is 0.381 e. The van der Waals surface area contributed by atoms with E-state index in [0.717, 1.165) is 38.8 Å². The molecule has 0 aromatic carbocycles. The molecule has 0 saturated carbocycles. The first-order valence-electron chi connectivity index (χ1n) is 6.26. The molecule has 2 unspecified atom stereocenters. The minimum atomic E-state index is 0.432. The number of rotatable bonds is 3. The van der Waals surface area contributed by atoms with Crippen LogP contribution in [0.5, 0.6) is 0 Å². The standard InChI is InChI=1S/C12H23NO2/c1-10-2-5-13-8-12(10)15-9-11-3-6-14-7-4-11/h10-13H,2-9H2,1H3. The highest BCUT2D eigenvalue weighted by atomic mass is 16.5. The van der Waals surface area contributed by atoms with Gasteiger partial charge < -0.3 is 14.8 Å². The van der Waals surface area contributed by atoms with Crippen molar-refractivity contribution < 1.29 is 9.47 Å². The van der Waals surface area contributed by atoms with Crippen LogP contribution in [0.3, 0.4) is 0 Å². The summed E-state index contributed by atoms with van der Waals surface area (Å²) in [7, 11) is 0. The summed E-state index contributed by atoms with van der Waals surface area (Å²) >= 11 is 0. The highest BCUT2D eigenvalue weighted by molar-refractivity contribution is 4.76. The Hall–Kier alpha value is -0.120. The van der Waals surface area contributed by atoms with Gasteiger partial charge in [0.25, 0.3) is 0 Å². The number of ether oxygens (including phenoxy) is 2. The Morgan fingerprint density at radius 2 is 2.07 bits per heavy atom. The Kier molecular flexibility index (Phi) is 4.42. The van der Waals surface area contributed by atoms with Gasteiger partial charge in [-0.3, -0.25) is 0 Å². The van der Waals surface area contributed by atoms with Gasteiger partial charge in [0.2, 0.25) is 0 Å². The highest BCUT2D eigenvalue weighted by Crippen LogP contribution is 2.19. The summed E-state index contributed by atoms with van der Waals surface area (Å²) in [6.07, 6.45) is 4.03. The molecule has 1 N–H and O–H groups in total. The van der Waals surface area contributed by atoms with E-state index in [4.69, 9.17) is 9.47 Å². The predicted octanol–water partition coefficient (Wildman–Crippen LogP) is 1.43. The second kappa shape index (κ2) is 5.83. The molecule has 0 aliphatic carbocycles. The summed E-state index contributed by atoms with van der Waals surface area (Å²) in [5, 5.41) is 3.40. The summed E-state index contributed by atoms with van der Waals surface area (Å²) in [6, 6.07) is 0. The highest BCUT2D eigenvalue weighted by Gasteiger charge is 2.23. The molecule has 0 spiro atoms. The van der Waals surface area contributed by atoms with E-state index in [9.17, 15) is 0 Å². The van der Waals surface area contributed by atoms with Crippen LogP contribution in [-0.4, -0.2) is 39.0 Å². The Labute approximate surface area is 92.5 Å². The van der Waals surface area contributed by atoms with Gasteiger partial charge in [-0.25, -0.2) is 0 Å². The number of piperidine rings is 1. The maximum Gasteiger partial charge on any atom is 0.0725 e. The minimum absolute atomic E-state index is 0.432. The third-order valence-corrected chi connectivity index (χ3v) is 3.64. The lowest BCUT2D eigenvalue weighted by molar-refractivity contribution is -0.0368. The molecule has 2 aliphatic rings. The summed E-state index contributed by atoms with van der Waals surface area (Å²) in [6.45, 7) is 7.26. The fourth-order valence-corrected chi connectivity index (χ4v) is 2.36. The van der Waals surface area contributed by atoms with Crippen molar-refractivity contribution in [2.24, 2.45) is 11.8 Å². The van der Waals surface area contributed by atoms with Crippen molar-refractivity contribution in [1.29, 1.82) is 0 Å². The summed E-state index contributed by atoms with van der Waals surface area (Å²) in [5.41, 5.74) is 0. The fraction of sp³-hybridized carbons (Fsp3) is 1.00. The quantitative estimate of drug-likeness (QED) is 0.769. The van der Waals surface area contributed by atoms with Crippen molar-refractivity contribution in [1.82, 2.24) is 5.32 Å². The molecule has 0 bridgehead atoms. The second-order valence-electron chi connectivity index (χ2n) is 4.90. The fourth-order valence-electron chi connectivity index (χ4n) is 2.36. The zero-order valence-electron chi connectivity index (χ0n) is 9.71. The first-order valence-corrected chi connectivity index (χ1v) is 6.26. The van der Waals surface area contributed by atoms with Crippen LogP contribution in [0, 0.1) is 11.8 Å². The molecule has 2 fully saturated rings. The van der Waals surface area contributed by atoms with Gasteiger partial charge in [-0.1, -0.05) is 6.92 Å². The topological polar surface area (TPSA) is 30.5 Å². The van der Waals surface area contributed by atoms with Crippen LogP contribution >= 0.6 is 0 Å². The molecular formula is C12H23NO2.